The largest absolute Gasteiger partial charge is 0.466 e. The van der Waals surface area contributed by atoms with Crippen LogP contribution in [0.15, 0.2) is 4.42 Å². The van der Waals surface area contributed by atoms with Gasteiger partial charge in [0.15, 0.2) is 5.78 Å². The molecule has 1 aliphatic heterocycles. The number of hydrogen-bond acceptors (Lipinski definition) is 3. The molecular formula is C14H20O3. The van der Waals surface area contributed by atoms with Crippen molar-refractivity contribution >= 4 is 5.78 Å². The maximum atomic E-state index is 12.3. The molecule has 0 spiro atoms. The molecule has 1 aromatic heterocycles. The van der Waals surface area contributed by atoms with Gasteiger partial charge in [0, 0.05) is 25.2 Å². The van der Waals surface area contributed by atoms with E-state index in [2.05, 4.69) is 0 Å². The van der Waals surface area contributed by atoms with Crippen LogP contribution in [0.1, 0.15) is 46.7 Å². The van der Waals surface area contributed by atoms with E-state index in [1.807, 2.05) is 20.8 Å². The van der Waals surface area contributed by atoms with Crippen molar-refractivity contribution in [3.05, 3.63) is 22.6 Å². The summed E-state index contributed by atoms with van der Waals surface area (Å²) in [5.74, 6) is 2.32. The third-order valence-corrected chi connectivity index (χ3v) is 3.66. The molecule has 3 heteroatoms. The molecule has 1 aromatic rings. The van der Waals surface area contributed by atoms with Crippen molar-refractivity contribution in [1.29, 1.82) is 0 Å². The average molecular weight is 236 g/mol. The first-order valence-corrected chi connectivity index (χ1v) is 6.27. The summed E-state index contributed by atoms with van der Waals surface area (Å²) in [6.45, 7) is 7.33. The van der Waals surface area contributed by atoms with Crippen LogP contribution in [0, 0.1) is 26.7 Å². The first kappa shape index (κ1) is 12.4. The number of hydrogen-bond donors (Lipinski definition) is 0. The van der Waals surface area contributed by atoms with Crippen molar-refractivity contribution in [2.75, 3.05) is 13.2 Å². The average Bonchev–Trinajstić information content (AvgIpc) is 2.54. The number of Topliss-reactive ketones (excluding diaryl/α,β-unsaturated/α-hetero) is 1. The van der Waals surface area contributed by atoms with Gasteiger partial charge in [-0.1, -0.05) is 0 Å². The molecule has 1 fully saturated rings. The molecule has 0 atom stereocenters. The van der Waals surface area contributed by atoms with Crippen LogP contribution in [-0.4, -0.2) is 19.0 Å². The quantitative estimate of drug-likeness (QED) is 0.756. The molecule has 2 rings (SSSR count). The molecule has 0 amide bonds. The molecule has 2 heterocycles. The Hall–Kier alpha value is -1.09. The molecular weight excluding hydrogens is 216 g/mol. The van der Waals surface area contributed by atoms with Crippen molar-refractivity contribution in [3.63, 3.8) is 0 Å². The fourth-order valence-electron chi connectivity index (χ4n) is 2.52. The minimum atomic E-state index is 0.226. The van der Waals surface area contributed by atoms with Crippen LogP contribution < -0.4 is 0 Å². The molecule has 0 aromatic carbocycles. The highest BCUT2D eigenvalue weighted by molar-refractivity contribution is 5.98. The molecule has 0 radical (unpaired) electrons. The van der Waals surface area contributed by atoms with Crippen molar-refractivity contribution < 1.29 is 13.9 Å². The van der Waals surface area contributed by atoms with E-state index in [0.717, 1.165) is 48.7 Å². The zero-order valence-corrected chi connectivity index (χ0v) is 10.8. The highest BCUT2D eigenvalue weighted by Crippen LogP contribution is 2.26. The molecule has 0 bridgehead atoms. The van der Waals surface area contributed by atoms with Gasteiger partial charge in [0.2, 0.25) is 0 Å². The van der Waals surface area contributed by atoms with Gasteiger partial charge in [-0.2, -0.15) is 0 Å². The van der Waals surface area contributed by atoms with Gasteiger partial charge in [0.1, 0.15) is 11.5 Å². The second-order valence-electron chi connectivity index (χ2n) is 4.90. The van der Waals surface area contributed by atoms with Gasteiger partial charge < -0.3 is 9.15 Å². The summed E-state index contributed by atoms with van der Waals surface area (Å²) in [4.78, 5) is 12.3. The third kappa shape index (κ3) is 2.60. The minimum absolute atomic E-state index is 0.226. The maximum Gasteiger partial charge on any atom is 0.166 e. The lowest BCUT2D eigenvalue weighted by Gasteiger charge is -2.21. The Morgan fingerprint density at radius 1 is 1.18 bits per heavy atom. The van der Waals surface area contributed by atoms with Crippen LogP contribution in [0.25, 0.3) is 0 Å². The summed E-state index contributed by atoms with van der Waals surface area (Å²) in [6, 6.07) is 0. The lowest BCUT2D eigenvalue weighted by molar-refractivity contribution is 0.0600. The highest BCUT2D eigenvalue weighted by atomic mass is 16.5. The summed E-state index contributed by atoms with van der Waals surface area (Å²) in [5.41, 5.74) is 1.80. The second-order valence-corrected chi connectivity index (χ2v) is 4.90. The Kier molecular flexibility index (Phi) is 3.67. The van der Waals surface area contributed by atoms with E-state index in [9.17, 15) is 4.79 Å². The van der Waals surface area contributed by atoms with E-state index >= 15 is 0 Å². The molecule has 17 heavy (non-hydrogen) atoms. The predicted octanol–water partition coefficient (Wildman–Crippen LogP) is 3.20. The van der Waals surface area contributed by atoms with E-state index in [4.69, 9.17) is 9.15 Å². The van der Waals surface area contributed by atoms with Gasteiger partial charge in [-0.05, 0) is 39.5 Å². The van der Waals surface area contributed by atoms with Crippen LogP contribution in [-0.2, 0) is 4.74 Å². The van der Waals surface area contributed by atoms with Crippen molar-refractivity contribution in [3.8, 4) is 0 Å². The van der Waals surface area contributed by atoms with E-state index in [0.29, 0.717) is 12.3 Å². The zero-order chi connectivity index (χ0) is 12.4. The molecule has 1 aliphatic rings. The zero-order valence-electron chi connectivity index (χ0n) is 10.8. The Balaban J connectivity index is 2.08. The number of carbonyl (C=O) groups excluding carboxylic acids is 1. The summed E-state index contributed by atoms with van der Waals surface area (Å²) in [7, 11) is 0. The number of rotatable bonds is 3. The Bertz CT molecular complexity index is 411. The lowest BCUT2D eigenvalue weighted by Crippen LogP contribution is -2.19. The van der Waals surface area contributed by atoms with E-state index in [-0.39, 0.29) is 5.78 Å². The first-order chi connectivity index (χ1) is 8.09. The lowest BCUT2D eigenvalue weighted by atomic mass is 9.91. The van der Waals surface area contributed by atoms with Crippen LogP contribution in [0.3, 0.4) is 0 Å². The summed E-state index contributed by atoms with van der Waals surface area (Å²) >= 11 is 0. The molecule has 0 saturated carbocycles. The van der Waals surface area contributed by atoms with Crippen molar-refractivity contribution in [1.82, 2.24) is 0 Å². The van der Waals surface area contributed by atoms with Gasteiger partial charge in [-0.15, -0.1) is 0 Å². The number of ether oxygens (including phenoxy) is 1. The summed E-state index contributed by atoms with van der Waals surface area (Å²) in [6.07, 6.45) is 2.63. The smallest absolute Gasteiger partial charge is 0.166 e. The second kappa shape index (κ2) is 5.05. The fourth-order valence-corrected chi connectivity index (χ4v) is 2.52. The van der Waals surface area contributed by atoms with Crippen LogP contribution in [0.4, 0.5) is 0 Å². The molecule has 1 saturated heterocycles. The number of aryl methyl sites for hydroxylation is 2. The van der Waals surface area contributed by atoms with E-state index in [1.165, 1.54) is 0 Å². The third-order valence-electron chi connectivity index (χ3n) is 3.66. The van der Waals surface area contributed by atoms with Gasteiger partial charge in [-0.3, -0.25) is 4.79 Å². The molecule has 0 aliphatic carbocycles. The van der Waals surface area contributed by atoms with Gasteiger partial charge >= 0.3 is 0 Å². The monoisotopic (exact) mass is 236 g/mol. The van der Waals surface area contributed by atoms with Crippen LogP contribution in [0.2, 0.25) is 0 Å². The Morgan fingerprint density at radius 2 is 1.82 bits per heavy atom. The Labute approximate surface area is 102 Å². The van der Waals surface area contributed by atoms with Crippen LogP contribution >= 0.6 is 0 Å². The van der Waals surface area contributed by atoms with Gasteiger partial charge in [0.25, 0.3) is 0 Å². The fraction of sp³-hybridized carbons (Fsp3) is 0.643. The predicted molar refractivity (Wildman–Crippen MR) is 65.4 cm³/mol. The maximum absolute atomic E-state index is 12.3. The van der Waals surface area contributed by atoms with Gasteiger partial charge in [-0.25, -0.2) is 0 Å². The normalized spacial score (nSPS) is 17.4. The Morgan fingerprint density at radius 3 is 2.35 bits per heavy atom. The summed E-state index contributed by atoms with van der Waals surface area (Å²) in [5, 5.41) is 0. The molecule has 3 nitrogen and oxygen atoms in total. The number of furan rings is 1. The first-order valence-electron chi connectivity index (χ1n) is 6.27. The molecule has 0 N–H and O–H groups in total. The van der Waals surface area contributed by atoms with E-state index < -0.39 is 0 Å². The van der Waals surface area contributed by atoms with Gasteiger partial charge in [0.05, 0.1) is 5.56 Å². The summed E-state index contributed by atoms with van der Waals surface area (Å²) < 4.78 is 10.8. The SMILES string of the molecule is Cc1oc(C)c(C(=O)CC2CCOCC2)c1C. The minimum Gasteiger partial charge on any atom is -0.466 e. The topological polar surface area (TPSA) is 39.4 Å². The molecule has 0 unspecified atom stereocenters. The number of carbonyl (C=O) groups is 1. The number of ketones is 1. The van der Waals surface area contributed by atoms with Crippen LogP contribution in [0.5, 0.6) is 0 Å². The van der Waals surface area contributed by atoms with Crippen molar-refractivity contribution in [2.24, 2.45) is 5.92 Å². The highest BCUT2D eigenvalue weighted by Gasteiger charge is 2.23. The van der Waals surface area contributed by atoms with Crippen molar-refractivity contribution in [2.45, 2.75) is 40.0 Å². The standard InChI is InChI=1S/C14H20O3/c1-9-10(2)17-11(3)14(9)13(15)8-12-4-6-16-7-5-12/h12H,4-8H2,1-3H3. The van der Waals surface area contributed by atoms with E-state index in [1.54, 1.807) is 0 Å². The molecule has 94 valence electrons.